The number of para-hydroxylation sites is 2. The lowest BCUT2D eigenvalue weighted by molar-refractivity contribution is 0.620. The molecule has 0 saturated carbocycles. The zero-order chi connectivity index (χ0) is 50.8. The summed E-state index contributed by atoms with van der Waals surface area (Å²) in [5.41, 5.74) is 31.0. The highest BCUT2D eigenvalue weighted by molar-refractivity contribution is 6.13. The van der Waals surface area contributed by atoms with Crippen LogP contribution >= 0.6 is 0 Å². The average Bonchev–Trinajstić information content (AvgIpc) is 4.51. The van der Waals surface area contributed by atoms with Crippen LogP contribution in [0.5, 0.6) is 0 Å². The topological polar surface area (TPSA) is 39.2 Å². The molecule has 0 aliphatic heterocycles. The molecule has 3 heteroatoms. The minimum atomic E-state index is -0.460. The molecule has 0 fully saturated rings. The first kappa shape index (κ1) is 42.2. The van der Waals surface area contributed by atoms with E-state index < -0.39 is 10.8 Å². The SMILES string of the molecule is c1ccc2c(c1)-c1ccccc1C21c2ccccc2-c2ccc(-c3ccc4oc5c(-c6ccc(-c7nc8ccccc8o7)cc6)cc(-c6ccc7c(c6)C6(c8ccccc8-c8ccccc86)c6ccccc6-7)cc5c4c3)cc21. The first-order valence-electron chi connectivity index (χ1n) is 27.0. The van der Waals surface area contributed by atoms with E-state index in [1.165, 1.54) is 94.6 Å². The molecule has 2 aromatic heterocycles. The summed E-state index contributed by atoms with van der Waals surface area (Å²) in [6.07, 6.45) is 0. The number of furan rings is 1. The van der Waals surface area contributed by atoms with Crippen molar-refractivity contribution in [3.8, 4) is 89.3 Å². The Balaban J connectivity index is 0.845. The molecular weight excluding hydrogens is 947 g/mol. The number of rotatable bonds is 4. The van der Waals surface area contributed by atoms with Gasteiger partial charge in [0.15, 0.2) is 5.58 Å². The molecule has 18 rings (SSSR count). The summed E-state index contributed by atoms with van der Waals surface area (Å²) in [5.74, 6) is 0.601. The molecule has 0 N–H and O–H groups in total. The largest absolute Gasteiger partial charge is 0.455 e. The molecule has 4 aliphatic carbocycles. The van der Waals surface area contributed by atoms with Gasteiger partial charge < -0.3 is 8.83 Å². The lowest BCUT2D eigenvalue weighted by atomic mass is 9.70. The molecule has 78 heavy (non-hydrogen) atoms. The molecule has 0 saturated heterocycles. The molecule has 360 valence electrons. The van der Waals surface area contributed by atoms with Crippen LogP contribution < -0.4 is 0 Å². The van der Waals surface area contributed by atoms with E-state index in [9.17, 15) is 0 Å². The van der Waals surface area contributed by atoms with Gasteiger partial charge >= 0.3 is 0 Å². The Morgan fingerprint density at radius 1 is 0.244 bits per heavy atom. The summed E-state index contributed by atoms with van der Waals surface area (Å²) in [7, 11) is 0. The van der Waals surface area contributed by atoms with Gasteiger partial charge in [-0.1, -0.05) is 200 Å². The Morgan fingerprint density at radius 2 is 0.628 bits per heavy atom. The fourth-order valence-corrected chi connectivity index (χ4v) is 14.8. The van der Waals surface area contributed by atoms with Gasteiger partial charge in [-0.05, 0) is 177 Å². The van der Waals surface area contributed by atoms with Crippen LogP contribution in [0.25, 0.3) is 122 Å². The highest BCUT2D eigenvalue weighted by Gasteiger charge is 2.53. The third-order valence-electron chi connectivity index (χ3n) is 18.0. The second-order valence-corrected chi connectivity index (χ2v) is 21.6. The summed E-state index contributed by atoms with van der Waals surface area (Å²) < 4.78 is 13.3. The average molecular weight is 990 g/mol. The van der Waals surface area contributed by atoms with Crippen molar-refractivity contribution in [1.82, 2.24) is 4.98 Å². The molecule has 12 aromatic carbocycles. The number of oxazole rings is 1. The summed E-state index contributed by atoms with van der Waals surface area (Å²) in [5, 5.41) is 2.15. The first-order valence-corrected chi connectivity index (χ1v) is 27.0. The summed E-state index contributed by atoms with van der Waals surface area (Å²) in [4.78, 5) is 4.84. The van der Waals surface area contributed by atoms with Gasteiger partial charge in [-0.3, -0.25) is 0 Å². The van der Waals surface area contributed by atoms with Crippen molar-refractivity contribution in [2.24, 2.45) is 0 Å². The zero-order valence-electron chi connectivity index (χ0n) is 42.1. The smallest absolute Gasteiger partial charge is 0.227 e. The quantitative estimate of drug-likeness (QED) is 0.176. The van der Waals surface area contributed by atoms with E-state index in [4.69, 9.17) is 13.8 Å². The van der Waals surface area contributed by atoms with Gasteiger partial charge in [0.25, 0.3) is 0 Å². The van der Waals surface area contributed by atoms with Crippen molar-refractivity contribution in [3.63, 3.8) is 0 Å². The van der Waals surface area contributed by atoms with Crippen LogP contribution in [0.4, 0.5) is 0 Å². The Bertz CT molecular complexity index is 4770. The monoisotopic (exact) mass is 989 g/mol. The summed E-state index contributed by atoms with van der Waals surface area (Å²) in [6, 6.07) is 96.5. The molecule has 2 spiro atoms. The van der Waals surface area contributed by atoms with Crippen LogP contribution in [0, 0.1) is 0 Å². The molecule has 4 aliphatic rings. The predicted molar refractivity (Wildman–Crippen MR) is 316 cm³/mol. The van der Waals surface area contributed by atoms with E-state index in [1.807, 2.05) is 24.3 Å². The molecular formula is C75H43NO2. The number of aromatic nitrogens is 1. The van der Waals surface area contributed by atoms with E-state index in [0.29, 0.717) is 5.89 Å². The first-order chi connectivity index (χ1) is 38.6. The molecule has 0 atom stereocenters. The van der Waals surface area contributed by atoms with Gasteiger partial charge in [-0.2, -0.15) is 0 Å². The highest BCUT2D eigenvalue weighted by atomic mass is 16.3. The number of hydrogen-bond acceptors (Lipinski definition) is 3. The molecule has 0 unspecified atom stereocenters. The molecule has 0 bridgehead atoms. The van der Waals surface area contributed by atoms with Crippen molar-refractivity contribution in [3.05, 3.63) is 305 Å². The third kappa shape index (κ3) is 5.35. The van der Waals surface area contributed by atoms with Crippen LogP contribution in [0.3, 0.4) is 0 Å². The molecule has 2 heterocycles. The maximum Gasteiger partial charge on any atom is 0.227 e. The fourth-order valence-electron chi connectivity index (χ4n) is 14.8. The predicted octanol–water partition coefficient (Wildman–Crippen LogP) is 19.1. The van der Waals surface area contributed by atoms with Crippen LogP contribution in [-0.4, -0.2) is 4.98 Å². The van der Waals surface area contributed by atoms with Crippen LogP contribution in [0.2, 0.25) is 0 Å². The van der Waals surface area contributed by atoms with Crippen molar-refractivity contribution in [2.45, 2.75) is 10.8 Å². The van der Waals surface area contributed by atoms with Crippen LogP contribution in [0.15, 0.2) is 270 Å². The van der Waals surface area contributed by atoms with E-state index in [1.54, 1.807) is 0 Å². The normalized spacial score (nSPS) is 14.1. The second kappa shape index (κ2) is 15.3. The Labute approximate surface area is 450 Å². The second-order valence-electron chi connectivity index (χ2n) is 21.6. The minimum Gasteiger partial charge on any atom is -0.455 e. The van der Waals surface area contributed by atoms with E-state index in [2.05, 4.69) is 237 Å². The van der Waals surface area contributed by atoms with Crippen molar-refractivity contribution < 1.29 is 8.83 Å². The standard InChI is InChI=1S/C75H43NO2/c1-7-21-61-50(15-1)51-16-2-8-22-62(51)74(61)65-25-11-5-19-54(65)56-36-33-47(42-67(56)74)46-35-38-70-59(39-46)60-41-49(40-58(72(60)77-70)44-29-31-45(32-30-44)73-76-69-27-13-14-28-71(69)78-73)48-34-37-57-55-20-6-12-26-66(55)75(68(57)43-48)63-23-9-3-17-52(63)53-18-4-10-24-64(53)75/h1-43H. The lowest BCUT2D eigenvalue weighted by Gasteiger charge is -2.30. The van der Waals surface area contributed by atoms with Crippen molar-refractivity contribution >= 4 is 33.0 Å². The van der Waals surface area contributed by atoms with E-state index in [0.717, 1.165) is 66.4 Å². The van der Waals surface area contributed by atoms with Crippen molar-refractivity contribution in [2.75, 3.05) is 0 Å². The number of fused-ring (bicyclic) bond motifs is 24. The zero-order valence-corrected chi connectivity index (χ0v) is 42.1. The third-order valence-corrected chi connectivity index (χ3v) is 18.0. The van der Waals surface area contributed by atoms with Gasteiger partial charge in [0.1, 0.15) is 16.7 Å². The number of benzene rings is 12. The van der Waals surface area contributed by atoms with Crippen LogP contribution in [0.1, 0.15) is 44.5 Å². The van der Waals surface area contributed by atoms with Gasteiger partial charge in [0, 0.05) is 21.9 Å². The van der Waals surface area contributed by atoms with Gasteiger partial charge in [-0.25, -0.2) is 4.98 Å². The Kier molecular flexibility index (Phi) is 8.26. The molecule has 0 radical (unpaired) electrons. The number of nitrogens with zero attached hydrogens (tertiary/aromatic N) is 1. The van der Waals surface area contributed by atoms with Gasteiger partial charge in [0.2, 0.25) is 5.89 Å². The maximum atomic E-state index is 7.08. The number of hydrogen-bond donors (Lipinski definition) is 0. The highest BCUT2D eigenvalue weighted by Crippen LogP contribution is 2.65. The Hall–Kier alpha value is -10.1. The minimum absolute atomic E-state index is 0.431. The van der Waals surface area contributed by atoms with Gasteiger partial charge in [0.05, 0.1) is 10.8 Å². The molecule has 0 amide bonds. The summed E-state index contributed by atoms with van der Waals surface area (Å²) >= 11 is 0. The lowest BCUT2D eigenvalue weighted by Crippen LogP contribution is -2.25. The molecule has 14 aromatic rings. The van der Waals surface area contributed by atoms with Gasteiger partial charge in [-0.15, -0.1) is 0 Å². The summed E-state index contributed by atoms with van der Waals surface area (Å²) in [6.45, 7) is 0. The van der Waals surface area contributed by atoms with Crippen LogP contribution in [-0.2, 0) is 10.8 Å². The van der Waals surface area contributed by atoms with Crippen molar-refractivity contribution in [1.29, 1.82) is 0 Å². The Morgan fingerprint density at radius 3 is 1.13 bits per heavy atom. The van der Waals surface area contributed by atoms with E-state index >= 15 is 0 Å². The van der Waals surface area contributed by atoms with E-state index in [-0.39, 0.29) is 0 Å². The maximum absolute atomic E-state index is 7.08. The molecule has 3 nitrogen and oxygen atoms in total. The fraction of sp³-hybridized carbons (Fsp3) is 0.0267.